The molecule has 2 aromatic carbocycles. The van der Waals surface area contributed by atoms with Crippen molar-refractivity contribution in [3.8, 4) is 5.75 Å². The van der Waals surface area contributed by atoms with Crippen LogP contribution in [0.4, 0.5) is 0 Å². The van der Waals surface area contributed by atoms with Gasteiger partial charge in [-0.3, -0.25) is 0 Å². The van der Waals surface area contributed by atoms with Crippen LogP contribution in [0, 0.1) is 0 Å². The van der Waals surface area contributed by atoms with E-state index < -0.39 is 0 Å². The second-order valence-corrected chi connectivity index (χ2v) is 4.80. The maximum absolute atomic E-state index is 5.69. The van der Waals surface area contributed by atoms with Crippen molar-refractivity contribution in [1.29, 1.82) is 0 Å². The fraction of sp³-hybridized carbons (Fsp3) is 0.235. The van der Waals surface area contributed by atoms with Crippen LogP contribution in [0.3, 0.4) is 0 Å². The molecule has 1 heterocycles. The Hall–Kier alpha value is -2.29. The molecule has 0 spiro atoms. The fourth-order valence-electron chi connectivity index (χ4n) is 2.23. The molecule has 0 aliphatic rings. The first-order valence-electron chi connectivity index (χ1n) is 7.00. The fourth-order valence-corrected chi connectivity index (χ4v) is 2.23. The molecule has 1 N–H and O–H groups in total. The zero-order valence-corrected chi connectivity index (χ0v) is 11.6. The highest BCUT2D eigenvalue weighted by Gasteiger charge is 2.03. The molecule has 20 heavy (non-hydrogen) atoms. The highest BCUT2D eigenvalue weighted by molar-refractivity contribution is 5.75. The van der Waals surface area contributed by atoms with E-state index in [2.05, 4.69) is 35.1 Å². The van der Waals surface area contributed by atoms with Crippen LogP contribution in [0.5, 0.6) is 5.75 Å². The first-order chi connectivity index (χ1) is 9.85. The molecular weight excluding hydrogens is 248 g/mol. The van der Waals surface area contributed by atoms with Crippen molar-refractivity contribution >= 4 is 11.0 Å². The Morgan fingerprint density at radius 3 is 2.75 bits per heavy atom. The number of hydrogen-bond donors (Lipinski definition) is 1. The SMILES string of the molecule is CCc1ccc2nc(CCOc3ccccc3)[nH]c2c1. The summed E-state index contributed by atoms with van der Waals surface area (Å²) in [6.45, 7) is 2.79. The molecule has 3 heteroatoms. The predicted molar refractivity (Wildman–Crippen MR) is 81.1 cm³/mol. The normalized spacial score (nSPS) is 10.8. The lowest BCUT2D eigenvalue weighted by atomic mass is 10.1. The number of hydrogen-bond acceptors (Lipinski definition) is 2. The van der Waals surface area contributed by atoms with Crippen molar-refractivity contribution in [2.75, 3.05) is 6.61 Å². The van der Waals surface area contributed by atoms with Crippen molar-refractivity contribution in [3.63, 3.8) is 0 Å². The number of rotatable bonds is 5. The molecule has 3 nitrogen and oxygen atoms in total. The molecule has 0 bridgehead atoms. The summed E-state index contributed by atoms with van der Waals surface area (Å²) in [6, 6.07) is 16.2. The van der Waals surface area contributed by atoms with E-state index in [0.717, 1.165) is 35.4 Å². The largest absolute Gasteiger partial charge is 0.493 e. The van der Waals surface area contributed by atoms with Crippen molar-refractivity contribution < 1.29 is 4.74 Å². The quantitative estimate of drug-likeness (QED) is 0.763. The number of H-pyrrole nitrogens is 1. The van der Waals surface area contributed by atoms with E-state index in [-0.39, 0.29) is 0 Å². The number of imidazole rings is 1. The third-order valence-electron chi connectivity index (χ3n) is 3.35. The Morgan fingerprint density at radius 1 is 1.10 bits per heavy atom. The Kier molecular flexibility index (Phi) is 3.68. The van der Waals surface area contributed by atoms with Crippen molar-refractivity contribution in [2.24, 2.45) is 0 Å². The van der Waals surface area contributed by atoms with Crippen LogP contribution in [-0.4, -0.2) is 16.6 Å². The van der Waals surface area contributed by atoms with Crippen LogP contribution < -0.4 is 4.74 Å². The topological polar surface area (TPSA) is 37.9 Å². The molecule has 3 aromatic rings. The summed E-state index contributed by atoms with van der Waals surface area (Å²) in [5.74, 6) is 1.88. The maximum Gasteiger partial charge on any atom is 0.119 e. The van der Waals surface area contributed by atoms with Gasteiger partial charge in [0, 0.05) is 6.42 Å². The summed E-state index contributed by atoms with van der Waals surface area (Å²) >= 11 is 0. The van der Waals surface area contributed by atoms with Crippen LogP contribution in [0.15, 0.2) is 48.5 Å². The highest BCUT2D eigenvalue weighted by atomic mass is 16.5. The monoisotopic (exact) mass is 266 g/mol. The lowest BCUT2D eigenvalue weighted by molar-refractivity contribution is 0.319. The van der Waals surface area contributed by atoms with Crippen LogP contribution in [0.1, 0.15) is 18.3 Å². The minimum Gasteiger partial charge on any atom is -0.493 e. The van der Waals surface area contributed by atoms with E-state index >= 15 is 0 Å². The average Bonchev–Trinajstić information content (AvgIpc) is 2.90. The summed E-state index contributed by atoms with van der Waals surface area (Å²) in [7, 11) is 0. The summed E-state index contributed by atoms with van der Waals surface area (Å²) in [6.07, 6.45) is 1.83. The van der Waals surface area contributed by atoms with Crippen LogP contribution in [0.2, 0.25) is 0 Å². The number of nitrogens with zero attached hydrogens (tertiary/aromatic N) is 1. The first-order valence-corrected chi connectivity index (χ1v) is 7.00. The summed E-state index contributed by atoms with van der Waals surface area (Å²) in [5.41, 5.74) is 3.46. The van der Waals surface area contributed by atoms with Gasteiger partial charge in [0.15, 0.2) is 0 Å². The van der Waals surface area contributed by atoms with Crippen molar-refractivity contribution in [2.45, 2.75) is 19.8 Å². The zero-order chi connectivity index (χ0) is 13.8. The van der Waals surface area contributed by atoms with Gasteiger partial charge in [-0.05, 0) is 36.2 Å². The number of aromatic amines is 1. The number of aromatic nitrogens is 2. The molecule has 0 saturated heterocycles. The molecule has 0 amide bonds. The number of aryl methyl sites for hydroxylation is 1. The van der Waals surface area contributed by atoms with E-state index in [0.29, 0.717) is 6.61 Å². The van der Waals surface area contributed by atoms with E-state index in [4.69, 9.17) is 4.74 Å². The van der Waals surface area contributed by atoms with Gasteiger partial charge in [0.1, 0.15) is 11.6 Å². The van der Waals surface area contributed by atoms with Crippen LogP contribution in [-0.2, 0) is 12.8 Å². The average molecular weight is 266 g/mol. The maximum atomic E-state index is 5.69. The van der Waals surface area contributed by atoms with E-state index in [9.17, 15) is 0 Å². The van der Waals surface area contributed by atoms with Gasteiger partial charge in [0.25, 0.3) is 0 Å². The smallest absolute Gasteiger partial charge is 0.119 e. The lowest BCUT2D eigenvalue weighted by Crippen LogP contribution is -2.02. The Labute approximate surface area is 118 Å². The minimum atomic E-state index is 0.629. The number of fused-ring (bicyclic) bond motifs is 1. The third-order valence-corrected chi connectivity index (χ3v) is 3.35. The molecule has 0 unspecified atom stereocenters. The van der Waals surface area contributed by atoms with Gasteiger partial charge in [-0.2, -0.15) is 0 Å². The number of ether oxygens (including phenoxy) is 1. The molecule has 3 rings (SSSR count). The summed E-state index contributed by atoms with van der Waals surface area (Å²) in [5, 5.41) is 0. The molecule has 0 fully saturated rings. The van der Waals surface area contributed by atoms with Crippen LogP contribution >= 0.6 is 0 Å². The van der Waals surface area contributed by atoms with Gasteiger partial charge in [0.2, 0.25) is 0 Å². The van der Waals surface area contributed by atoms with Gasteiger partial charge in [-0.15, -0.1) is 0 Å². The van der Waals surface area contributed by atoms with Crippen molar-refractivity contribution in [3.05, 3.63) is 59.9 Å². The number of benzene rings is 2. The standard InChI is InChI=1S/C17H18N2O/c1-2-13-8-9-15-16(12-13)19-17(18-15)10-11-20-14-6-4-3-5-7-14/h3-9,12H,2,10-11H2,1H3,(H,18,19). The van der Waals surface area contributed by atoms with Gasteiger partial charge >= 0.3 is 0 Å². The first kappa shape index (κ1) is 12.7. The van der Waals surface area contributed by atoms with Gasteiger partial charge in [-0.25, -0.2) is 4.98 Å². The predicted octanol–water partition coefficient (Wildman–Crippen LogP) is 3.75. The second kappa shape index (κ2) is 5.78. The molecule has 0 radical (unpaired) electrons. The molecule has 0 aliphatic carbocycles. The van der Waals surface area contributed by atoms with Gasteiger partial charge in [0.05, 0.1) is 17.6 Å². The van der Waals surface area contributed by atoms with Crippen molar-refractivity contribution in [1.82, 2.24) is 9.97 Å². The van der Waals surface area contributed by atoms with Crippen LogP contribution in [0.25, 0.3) is 11.0 Å². The molecule has 0 atom stereocenters. The molecule has 1 aromatic heterocycles. The van der Waals surface area contributed by atoms with E-state index in [1.807, 2.05) is 30.3 Å². The van der Waals surface area contributed by atoms with Gasteiger partial charge < -0.3 is 9.72 Å². The lowest BCUT2D eigenvalue weighted by Gasteiger charge is -2.03. The minimum absolute atomic E-state index is 0.629. The highest BCUT2D eigenvalue weighted by Crippen LogP contribution is 2.15. The van der Waals surface area contributed by atoms with E-state index in [1.54, 1.807) is 0 Å². The summed E-state index contributed by atoms with van der Waals surface area (Å²) in [4.78, 5) is 7.95. The second-order valence-electron chi connectivity index (χ2n) is 4.80. The Bertz CT molecular complexity index is 689. The third kappa shape index (κ3) is 2.82. The van der Waals surface area contributed by atoms with Gasteiger partial charge in [-0.1, -0.05) is 31.2 Å². The summed E-state index contributed by atoms with van der Waals surface area (Å²) < 4.78 is 5.69. The molecule has 0 aliphatic heterocycles. The van der Waals surface area contributed by atoms with E-state index in [1.165, 1.54) is 5.56 Å². The Morgan fingerprint density at radius 2 is 1.95 bits per heavy atom. The zero-order valence-electron chi connectivity index (χ0n) is 11.6. The molecular formula is C17H18N2O. The Balaban J connectivity index is 1.66. The molecule has 102 valence electrons. The molecule has 0 saturated carbocycles. The number of para-hydroxylation sites is 1. The number of nitrogens with one attached hydrogen (secondary N) is 1.